The zero-order valence-electron chi connectivity index (χ0n) is 10.0. The van der Waals surface area contributed by atoms with Crippen molar-refractivity contribution in [3.8, 4) is 5.69 Å². The first kappa shape index (κ1) is 12.2. The van der Waals surface area contributed by atoms with Gasteiger partial charge in [0.25, 0.3) is 5.82 Å². The standard InChI is InChI=1S/C12H12FN3O2/c1-3-10-14-11(12(17)18)15-16(10)8-4-5-9(13)7(2)6-8/h4-6H,3H2,1-2H3,(H,17,18). The Hall–Kier alpha value is -2.24. The van der Waals surface area contributed by atoms with Gasteiger partial charge in [0.05, 0.1) is 5.69 Å². The van der Waals surface area contributed by atoms with Crippen molar-refractivity contribution in [2.24, 2.45) is 0 Å². The molecular formula is C12H12FN3O2. The number of nitrogens with zero attached hydrogens (tertiary/aromatic N) is 3. The highest BCUT2D eigenvalue weighted by Crippen LogP contribution is 2.15. The molecule has 0 saturated carbocycles. The molecule has 0 fully saturated rings. The van der Waals surface area contributed by atoms with E-state index in [2.05, 4.69) is 10.1 Å². The fourth-order valence-corrected chi connectivity index (χ4v) is 1.63. The van der Waals surface area contributed by atoms with Gasteiger partial charge in [-0.3, -0.25) is 0 Å². The van der Waals surface area contributed by atoms with Gasteiger partial charge in [-0.25, -0.2) is 18.9 Å². The van der Waals surface area contributed by atoms with E-state index in [1.165, 1.54) is 10.7 Å². The first-order valence-electron chi connectivity index (χ1n) is 5.48. The molecule has 18 heavy (non-hydrogen) atoms. The summed E-state index contributed by atoms with van der Waals surface area (Å²) in [5.74, 6) is -1.22. The normalized spacial score (nSPS) is 10.6. The maximum Gasteiger partial charge on any atom is 0.375 e. The zero-order valence-corrected chi connectivity index (χ0v) is 10.0. The minimum Gasteiger partial charge on any atom is -0.475 e. The van der Waals surface area contributed by atoms with E-state index in [1.54, 1.807) is 19.1 Å². The Balaban J connectivity index is 2.55. The zero-order chi connectivity index (χ0) is 13.3. The second-order valence-corrected chi connectivity index (χ2v) is 3.86. The van der Waals surface area contributed by atoms with Gasteiger partial charge < -0.3 is 5.11 Å². The van der Waals surface area contributed by atoms with Gasteiger partial charge in [0, 0.05) is 6.42 Å². The van der Waals surface area contributed by atoms with Crippen LogP contribution in [0.3, 0.4) is 0 Å². The fraction of sp³-hybridized carbons (Fsp3) is 0.250. The summed E-state index contributed by atoms with van der Waals surface area (Å²) in [5, 5.41) is 12.8. The molecule has 0 aliphatic heterocycles. The highest BCUT2D eigenvalue weighted by atomic mass is 19.1. The Kier molecular flexibility index (Phi) is 3.10. The monoisotopic (exact) mass is 249 g/mol. The van der Waals surface area contributed by atoms with Crippen LogP contribution in [0.5, 0.6) is 0 Å². The number of carbonyl (C=O) groups is 1. The lowest BCUT2D eigenvalue weighted by Gasteiger charge is -2.05. The highest BCUT2D eigenvalue weighted by molar-refractivity contribution is 5.83. The molecule has 0 aliphatic carbocycles. The number of halogens is 1. The van der Waals surface area contributed by atoms with Gasteiger partial charge in [0.1, 0.15) is 11.6 Å². The Morgan fingerprint density at radius 3 is 2.78 bits per heavy atom. The van der Waals surface area contributed by atoms with Crippen LogP contribution >= 0.6 is 0 Å². The van der Waals surface area contributed by atoms with E-state index in [-0.39, 0.29) is 11.6 Å². The quantitative estimate of drug-likeness (QED) is 0.903. The molecule has 0 bridgehead atoms. The molecule has 1 N–H and O–H groups in total. The summed E-state index contributed by atoms with van der Waals surface area (Å²) in [6.07, 6.45) is 0.538. The lowest BCUT2D eigenvalue weighted by Crippen LogP contribution is -2.04. The van der Waals surface area contributed by atoms with E-state index in [4.69, 9.17) is 5.11 Å². The van der Waals surface area contributed by atoms with Crippen molar-refractivity contribution >= 4 is 5.97 Å². The van der Waals surface area contributed by atoms with E-state index >= 15 is 0 Å². The van der Waals surface area contributed by atoms with Gasteiger partial charge in [0.2, 0.25) is 0 Å². The third-order valence-electron chi connectivity index (χ3n) is 2.57. The number of carboxylic acid groups (broad SMARTS) is 1. The molecule has 0 radical (unpaired) electrons. The molecule has 1 aromatic carbocycles. The van der Waals surface area contributed by atoms with Crippen molar-refractivity contribution in [3.63, 3.8) is 0 Å². The summed E-state index contributed by atoms with van der Waals surface area (Å²) in [4.78, 5) is 14.8. The first-order chi connectivity index (χ1) is 8.52. The van der Waals surface area contributed by atoms with E-state index in [1.807, 2.05) is 6.92 Å². The van der Waals surface area contributed by atoms with Crippen LogP contribution in [0.25, 0.3) is 5.69 Å². The van der Waals surface area contributed by atoms with E-state index in [0.29, 0.717) is 23.5 Å². The lowest BCUT2D eigenvalue weighted by molar-refractivity contribution is 0.0683. The summed E-state index contributed by atoms with van der Waals surface area (Å²) in [5.41, 5.74) is 1.08. The van der Waals surface area contributed by atoms with E-state index in [0.717, 1.165) is 0 Å². The molecule has 0 atom stereocenters. The van der Waals surface area contributed by atoms with Crippen molar-refractivity contribution in [2.75, 3.05) is 0 Å². The Bertz CT molecular complexity index is 607. The topological polar surface area (TPSA) is 68.0 Å². The molecular weight excluding hydrogens is 237 g/mol. The van der Waals surface area contributed by atoms with Gasteiger partial charge >= 0.3 is 5.97 Å². The molecule has 0 unspecified atom stereocenters. The molecule has 0 saturated heterocycles. The fourth-order valence-electron chi connectivity index (χ4n) is 1.63. The van der Waals surface area contributed by atoms with Crippen LogP contribution in [0.2, 0.25) is 0 Å². The number of hydrogen-bond acceptors (Lipinski definition) is 3. The van der Waals surface area contributed by atoms with Crippen molar-refractivity contribution in [3.05, 3.63) is 41.2 Å². The number of aromatic nitrogens is 3. The van der Waals surface area contributed by atoms with Crippen LogP contribution in [-0.4, -0.2) is 25.8 Å². The first-order valence-corrected chi connectivity index (χ1v) is 5.48. The van der Waals surface area contributed by atoms with E-state index < -0.39 is 5.97 Å². The number of aryl methyl sites for hydroxylation is 2. The highest BCUT2D eigenvalue weighted by Gasteiger charge is 2.15. The largest absolute Gasteiger partial charge is 0.475 e. The van der Waals surface area contributed by atoms with Gasteiger partial charge in [0.15, 0.2) is 0 Å². The Labute approximate surface area is 103 Å². The molecule has 94 valence electrons. The minimum atomic E-state index is -1.18. The Morgan fingerprint density at radius 2 is 2.22 bits per heavy atom. The molecule has 6 heteroatoms. The summed E-state index contributed by atoms with van der Waals surface area (Å²) < 4.78 is 14.6. The molecule has 0 spiro atoms. The smallest absolute Gasteiger partial charge is 0.375 e. The second kappa shape index (κ2) is 4.56. The second-order valence-electron chi connectivity index (χ2n) is 3.86. The van der Waals surface area contributed by atoms with Crippen molar-refractivity contribution in [1.29, 1.82) is 0 Å². The van der Waals surface area contributed by atoms with Gasteiger partial charge in [-0.15, -0.1) is 5.10 Å². The lowest BCUT2D eigenvalue weighted by atomic mass is 10.2. The SMILES string of the molecule is CCc1nc(C(=O)O)nn1-c1ccc(F)c(C)c1. The van der Waals surface area contributed by atoms with Crippen LogP contribution < -0.4 is 0 Å². The maximum atomic E-state index is 13.2. The molecule has 0 aliphatic rings. The summed E-state index contributed by atoms with van der Waals surface area (Å²) in [7, 11) is 0. The number of hydrogen-bond donors (Lipinski definition) is 1. The van der Waals surface area contributed by atoms with Crippen LogP contribution in [0.15, 0.2) is 18.2 Å². The molecule has 2 aromatic rings. The third-order valence-corrected chi connectivity index (χ3v) is 2.57. The van der Waals surface area contributed by atoms with Gasteiger partial charge in [-0.2, -0.15) is 0 Å². The van der Waals surface area contributed by atoms with Crippen LogP contribution in [0, 0.1) is 12.7 Å². The van der Waals surface area contributed by atoms with E-state index in [9.17, 15) is 9.18 Å². The minimum absolute atomic E-state index is 0.256. The predicted molar refractivity (Wildman–Crippen MR) is 62.4 cm³/mol. The number of benzene rings is 1. The Morgan fingerprint density at radius 1 is 1.50 bits per heavy atom. The summed E-state index contributed by atoms with van der Waals surface area (Å²) in [6.45, 7) is 3.49. The van der Waals surface area contributed by atoms with Crippen molar-refractivity contribution in [2.45, 2.75) is 20.3 Å². The van der Waals surface area contributed by atoms with Crippen molar-refractivity contribution in [1.82, 2.24) is 14.8 Å². The van der Waals surface area contributed by atoms with Crippen LogP contribution in [0.1, 0.15) is 28.9 Å². The molecule has 0 amide bonds. The molecule has 1 heterocycles. The summed E-state index contributed by atoms with van der Waals surface area (Å²) >= 11 is 0. The van der Waals surface area contributed by atoms with Crippen molar-refractivity contribution < 1.29 is 14.3 Å². The average Bonchev–Trinajstić information content (AvgIpc) is 2.77. The molecule has 5 nitrogen and oxygen atoms in total. The van der Waals surface area contributed by atoms with Gasteiger partial charge in [-0.1, -0.05) is 6.92 Å². The maximum absolute atomic E-state index is 13.2. The number of aromatic carboxylic acids is 1. The van der Waals surface area contributed by atoms with Gasteiger partial charge in [-0.05, 0) is 30.7 Å². The predicted octanol–water partition coefficient (Wildman–Crippen LogP) is 1.98. The van der Waals surface area contributed by atoms with Crippen LogP contribution in [-0.2, 0) is 6.42 Å². The average molecular weight is 249 g/mol. The number of rotatable bonds is 3. The third kappa shape index (κ3) is 2.09. The summed E-state index contributed by atoms with van der Waals surface area (Å²) in [6, 6.07) is 4.48. The van der Waals surface area contributed by atoms with Crippen LogP contribution in [0.4, 0.5) is 4.39 Å². The molecule has 2 rings (SSSR count). The number of carboxylic acids is 1. The molecule has 1 aromatic heterocycles.